The van der Waals surface area contributed by atoms with Gasteiger partial charge in [-0.3, -0.25) is 14.7 Å². The number of rotatable bonds is 4. The minimum atomic E-state index is -4.66. The van der Waals surface area contributed by atoms with Crippen LogP contribution in [0.15, 0.2) is 18.5 Å². The van der Waals surface area contributed by atoms with Crippen molar-refractivity contribution in [3.63, 3.8) is 0 Å². The number of hydrogen-bond acceptors (Lipinski definition) is 6. The third-order valence-electron chi connectivity index (χ3n) is 7.90. The van der Waals surface area contributed by atoms with Crippen LogP contribution in [0.1, 0.15) is 67.5 Å². The van der Waals surface area contributed by atoms with Gasteiger partial charge in [0.25, 0.3) is 5.91 Å². The van der Waals surface area contributed by atoms with Gasteiger partial charge in [-0.25, -0.2) is 9.97 Å². The van der Waals surface area contributed by atoms with Crippen molar-refractivity contribution in [1.82, 2.24) is 30.4 Å². The Bertz CT molecular complexity index is 1130. The number of piperidine rings is 1. The number of hydrogen-bond donors (Lipinski definition) is 3. The molecule has 2 bridgehead atoms. The lowest BCUT2D eigenvalue weighted by atomic mass is 9.81. The first-order chi connectivity index (χ1) is 17.0. The number of aromatic amines is 1. The summed E-state index contributed by atoms with van der Waals surface area (Å²) in [6, 6.07) is 2.91. The maximum atomic E-state index is 13.3. The number of aryl methyl sites for hydroxylation is 1. The van der Waals surface area contributed by atoms with Crippen LogP contribution in [-0.4, -0.2) is 71.9 Å². The van der Waals surface area contributed by atoms with Crippen molar-refractivity contribution in [2.75, 3.05) is 0 Å². The van der Waals surface area contributed by atoms with Crippen LogP contribution < -0.4 is 5.32 Å². The molecule has 9 nitrogen and oxygen atoms in total. The SMILES string of the molecule is Cc1cc(-c2cc(C(=O)N3[C@@H]4CC[C@H]3C[C@H](C(=O)N[C@H]3CC[C@@](O)(C(F)(F)F)CC3)C4)n[nH]2)ncn1. The first kappa shape index (κ1) is 24.7. The van der Waals surface area contributed by atoms with Crippen molar-refractivity contribution in [2.24, 2.45) is 5.92 Å². The molecule has 0 radical (unpaired) electrons. The fourth-order valence-corrected chi connectivity index (χ4v) is 5.86. The Morgan fingerprint density at radius 1 is 1.11 bits per heavy atom. The number of carbonyl (C=O) groups is 2. The van der Waals surface area contributed by atoms with Crippen LogP contribution in [0.4, 0.5) is 13.2 Å². The fraction of sp³-hybridized carbons (Fsp3) is 0.625. The average molecular weight is 507 g/mol. The summed E-state index contributed by atoms with van der Waals surface area (Å²) >= 11 is 0. The van der Waals surface area contributed by atoms with Crippen molar-refractivity contribution < 1.29 is 27.9 Å². The number of H-pyrrole nitrogens is 1. The number of nitrogens with zero attached hydrogens (tertiary/aromatic N) is 4. The Hall–Kier alpha value is -3.02. The van der Waals surface area contributed by atoms with Crippen molar-refractivity contribution in [3.05, 3.63) is 29.8 Å². The molecule has 194 valence electrons. The quantitative estimate of drug-likeness (QED) is 0.586. The molecule has 1 saturated carbocycles. The van der Waals surface area contributed by atoms with Gasteiger partial charge in [-0.2, -0.15) is 18.3 Å². The summed E-state index contributed by atoms with van der Waals surface area (Å²) in [4.78, 5) is 36.4. The Balaban J connectivity index is 1.19. The molecule has 3 N–H and O–H groups in total. The summed E-state index contributed by atoms with van der Waals surface area (Å²) in [5.41, 5.74) is -0.318. The number of fused-ring (bicyclic) bond motifs is 2. The summed E-state index contributed by atoms with van der Waals surface area (Å²) in [5, 5.41) is 19.8. The lowest BCUT2D eigenvalue weighted by molar-refractivity contribution is -0.270. The number of nitrogens with one attached hydrogen (secondary N) is 2. The summed E-state index contributed by atoms with van der Waals surface area (Å²) in [7, 11) is 0. The Morgan fingerprint density at radius 3 is 2.39 bits per heavy atom. The molecular weight excluding hydrogens is 477 g/mol. The third-order valence-corrected chi connectivity index (χ3v) is 7.90. The molecule has 36 heavy (non-hydrogen) atoms. The highest BCUT2D eigenvalue weighted by molar-refractivity contribution is 5.94. The molecule has 0 spiro atoms. The average Bonchev–Trinajstić information content (AvgIpc) is 3.42. The predicted octanol–water partition coefficient (Wildman–Crippen LogP) is 2.91. The largest absolute Gasteiger partial charge is 0.417 e. The van der Waals surface area contributed by atoms with Gasteiger partial charge < -0.3 is 15.3 Å². The molecule has 2 aromatic rings. The van der Waals surface area contributed by atoms with Crippen LogP contribution >= 0.6 is 0 Å². The second kappa shape index (κ2) is 9.13. The van der Waals surface area contributed by atoms with Crippen molar-refractivity contribution in [1.29, 1.82) is 0 Å². The standard InChI is InChI=1S/C24H29F3N6O3/c1-13-8-18(29-12-28-13)19-11-20(32-31-19)22(35)33-16-2-3-17(33)10-14(9-16)21(34)30-15-4-6-23(36,7-5-15)24(25,26)27/h8,11-12,14-17,36H,2-7,9-10H2,1H3,(H,30,34)(H,31,32)/t14-,15-,16-,17+,23-. The van der Waals surface area contributed by atoms with E-state index in [1.165, 1.54) is 6.33 Å². The van der Waals surface area contributed by atoms with E-state index in [0.717, 1.165) is 18.5 Å². The highest BCUT2D eigenvalue weighted by atomic mass is 19.4. The van der Waals surface area contributed by atoms with E-state index in [1.54, 1.807) is 12.1 Å². The second-order valence-electron chi connectivity index (χ2n) is 10.3. The van der Waals surface area contributed by atoms with Gasteiger partial charge in [0.05, 0.1) is 11.4 Å². The monoisotopic (exact) mass is 506 g/mol. The zero-order chi connectivity index (χ0) is 25.7. The second-order valence-corrected chi connectivity index (χ2v) is 10.3. The molecule has 2 aliphatic heterocycles. The van der Waals surface area contributed by atoms with Gasteiger partial charge in [-0.1, -0.05) is 0 Å². The van der Waals surface area contributed by atoms with E-state index in [1.807, 2.05) is 11.8 Å². The van der Waals surface area contributed by atoms with E-state index >= 15 is 0 Å². The van der Waals surface area contributed by atoms with Gasteiger partial charge in [-0.05, 0) is 70.4 Å². The molecule has 2 amide bonds. The number of amides is 2. The zero-order valence-corrected chi connectivity index (χ0v) is 19.9. The molecule has 0 aromatic carbocycles. The molecule has 3 fully saturated rings. The summed E-state index contributed by atoms with van der Waals surface area (Å²) in [5.74, 6) is -0.662. The molecule has 5 rings (SSSR count). The molecule has 1 aliphatic carbocycles. The maximum absolute atomic E-state index is 13.3. The van der Waals surface area contributed by atoms with Gasteiger partial charge in [0, 0.05) is 29.7 Å². The number of alkyl halides is 3. The van der Waals surface area contributed by atoms with Gasteiger partial charge in [0.1, 0.15) is 6.33 Å². The Kier molecular flexibility index (Phi) is 6.26. The van der Waals surface area contributed by atoms with Gasteiger partial charge >= 0.3 is 6.18 Å². The van der Waals surface area contributed by atoms with E-state index in [9.17, 15) is 27.9 Å². The Morgan fingerprint density at radius 2 is 1.78 bits per heavy atom. The third kappa shape index (κ3) is 4.58. The van der Waals surface area contributed by atoms with E-state index in [4.69, 9.17) is 0 Å². The van der Waals surface area contributed by atoms with Crippen molar-refractivity contribution >= 4 is 11.8 Å². The van der Waals surface area contributed by atoms with Crippen LogP contribution in [0.5, 0.6) is 0 Å². The highest BCUT2D eigenvalue weighted by Crippen LogP contribution is 2.42. The van der Waals surface area contributed by atoms with Crippen molar-refractivity contribution in [3.8, 4) is 11.4 Å². The zero-order valence-electron chi connectivity index (χ0n) is 19.9. The summed E-state index contributed by atoms with van der Waals surface area (Å²) in [6.45, 7) is 1.85. The number of carbonyl (C=O) groups excluding carboxylic acids is 2. The molecule has 3 aliphatic rings. The highest BCUT2D eigenvalue weighted by Gasteiger charge is 2.55. The topological polar surface area (TPSA) is 124 Å². The number of aromatic nitrogens is 4. The lowest BCUT2D eigenvalue weighted by Crippen LogP contribution is -2.53. The van der Waals surface area contributed by atoms with Crippen LogP contribution in [0.25, 0.3) is 11.4 Å². The number of aliphatic hydroxyl groups is 1. The van der Waals surface area contributed by atoms with Crippen LogP contribution in [0.2, 0.25) is 0 Å². The van der Waals surface area contributed by atoms with Crippen LogP contribution in [0, 0.1) is 12.8 Å². The Labute approximate surface area is 205 Å². The fourth-order valence-electron chi connectivity index (χ4n) is 5.86. The normalized spacial score (nSPS) is 30.3. The molecule has 12 heteroatoms. The van der Waals surface area contributed by atoms with Crippen LogP contribution in [-0.2, 0) is 4.79 Å². The maximum Gasteiger partial charge on any atom is 0.417 e. The summed E-state index contributed by atoms with van der Waals surface area (Å²) in [6.07, 6.45) is -1.27. The lowest BCUT2D eigenvalue weighted by Gasteiger charge is -2.40. The predicted molar refractivity (Wildman–Crippen MR) is 121 cm³/mol. The van der Waals surface area contributed by atoms with Gasteiger partial charge in [0.2, 0.25) is 5.91 Å². The smallest absolute Gasteiger partial charge is 0.380 e. The van der Waals surface area contributed by atoms with E-state index < -0.39 is 24.6 Å². The van der Waals surface area contributed by atoms with Crippen LogP contribution in [0.3, 0.4) is 0 Å². The van der Waals surface area contributed by atoms with E-state index in [2.05, 4.69) is 25.5 Å². The van der Waals surface area contributed by atoms with E-state index in [-0.39, 0.29) is 48.7 Å². The van der Waals surface area contributed by atoms with Crippen molar-refractivity contribution in [2.45, 2.75) is 88.2 Å². The number of halogens is 3. The van der Waals surface area contributed by atoms with E-state index in [0.29, 0.717) is 29.9 Å². The molecule has 0 unspecified atom stereocenters. The molecule has 2 aromatic heterocycles. The summed E-state index contributed by atoms with van der Waals surface area (Å²) < 4.78 is 39.1. The van der Waals surface area contributed by atoms with Gasteiger partial charge in [-0.15, -0.1) is 0 Å². The molecule has 3 atom stereocenters. The first-order valence-corrected chi connectivity index (χ1v) is 12.3. The van der Waals surface area contributed by atoms with Gasteiger partial charge in [0.15, 0.2) is 11.3 Å². The minimum Gasteiger partial charge on any atom is -0.380 e. The minimum absolute atomic E-state index is 0.0826. The molecule has 2 saturated heterocycles. The molecule has 4 heterocycles. The first-order valence-electron chi connectivity index (χ1n) is 12.3. The molecular formula is C24H29F3N6O3.